The third kappa shape index (κ3) is 3.61. The molecule has 0 N–H and O–H groups in total. The highest BCUT2D eigenvalue weighted by molar-refractivity contribution is 5.76. The Morgan fingerprint density at radius 1 is 1.15 bits per heavy atom. The lowest BCUT2D eigenvalue weighted by molar-refractivity contribution is -0.135. The smallest absolute Gasteiger partial charge is 0.276 e. The van der Waals surface area contributed by atoms with E-state index in [0.29, 0.717) is 44.1 Å². The molecule has 1 aromatic carbocycles. The molecule has 1 amide bonds. The summed E-state index contributed by atoms with van der Waals surface area (Å²) in [4.78, 5) is 26.7. The minimum Gasteiger partial charge on any atom is -0.378 e. The number of hydrogen-bond acceptors (Lipinski definition) is 4. The minimum atomic E-state index is -0.324. The first-order valence-electron chi connectivity index (χ1n) is 8.82. The van der Waals surface area contributed by atoms with Gasteiger partial charge in [-0.1, -0.05) is 0 Å². The quantitative estimate of drug-likeness (QED) is 0.699. The average Bonchev–Trinajstić information content (AvgIpc) is 3.14. The molecule has 8 heteroatoms. The number of amides is 1. The second kappa shape index (κ2) is 7.32. The molecule has 0 aliphatic carbocycles. The summed E-state index contributed by atoms with van der Waals surface area (Å²) in [6, 6.07) is 7.63. The van der Waals surface area contributed by atoms with Crippen molar-refractivity contribution in [2.45, 2.75) is 13.0 Å². The van der Waals surface area contributed by atoms with Gasteiger partial charge >= 0.3 is 0 Å². The van der Waals surface area contributed by atoms with Crippen LogP contribution in [0.1, 0.15) is 6.42 Å². The highest BCUT2D eigenvalue weighted by Gasteiger charge is 2.17. The van der Waals surface area contributed by atoms with Gasteiger partial charge < -0.3 is 14.2 Å². The first-order valence-corrected chi connectivity index (χ1v) is 8.82. The number of carbonyl (C=O) groups is 1. The van der Waals surface area contributed by atoms with Crippen LogP contribution in [0.2, 0.25) is 0 Å². The molecule has 0 unspecified atom stereocenters. The van der Waals surface area contributed by atoms with Gasteiger partial charge in [0, 0.05) is 44.0 Å². The number of hydrogen-bond donors (Lipinski definition) is 0. The number of aryl methyl sites for hydroxylation is 1. The van der Waals surface area contributed by atoms with Gasteiger partial charge in [-0.3, -0.25) is 9.59 Å². The Morgan fingerprint density at radius 2 is 1.89 bits per heavy atom. The molecule has 3 heterocycles. The molecule has 1 saturated heterocycles. The number of fused-ring (bicyclic) bond motifs is 1. The van der Waals surface area contributed by atoms with Crippen molar-refractivity contribution in [1.29, 1.82) is 0 Å². The van der Waals surface area contributed by atoms with Crippen LogP contribution in [-0.2, 0) is 16.1 Å². The standard InChI is InChI=1S/C19H19FN4O3/c20-15-3-1-14(2-4-15)16-13-17-19(26)23(7-8-24(17)21-16)6-5-18(25)22-9-11-27-12-10-22/h1-4,7-8,13H,5-6,9-12H2. The maximum atomic E-state index is 13.1. The van der Waals surface area contributed by atoms with E-state index in [1.807, 2.05) is 0 Å². The molecule has 27 heavy (non-hydrogen) atoms. The molecule has 0 saturated carbocycles. The molecule has 0 spiro atoms. The third-order valence-electron chi connectivity index (χ3n) is 4.67. The number of carbonyl (C=O) groups excluding carboxylic acids is 1. The van der Waals surface area contributed by atoms with E-state index in [2.05, 4.69) is 5.10 Å². The van der Waals surface area contributed by atoms with Crippen LogP contribution in [0.5, 0.6) is 0 Å². The van der Waals surface area contributed by atoms with E-state index in [-0.39, 0.29) is 23.7 Å². The van der Waals surface area contributed by atoms with Crippen LogP contribution in [0, 0.1) is 5.82 Å². The molecule has 1 aliphatic rings. The molecule has 1 fully saturated rings. The van der Waals surface area contributed by atoms with Crippen LogP contribution >= 0.6 is 0 Å². The van der Waals surface area contributed by atoms with Gasteiger partial charge in [0.2, 0.25) is 5.91 Å². The Morgan fingerprint density at radius 3 is 2.63 bits per heavy atom. The van der Waals surface area contributed by atoms with E-state index in [0.717, 1.165) is 5.56 Å². The number of halogens is 1. The fourth-order valence-corrected chi connectivity index (χ4v) is 3.15. The molecule has 0 bridgehead atoms. The largest absolute Gasteiger partial charge is 0.378 e. The lowest BCUT2D eigenvalue weighted by atomic mass is 10.1. The van der Waals surface area contributed by atoms with E-state index < -0.39 is 0 Å². The second-order valence-electron chi connectivity index (χ2n) is 6.41. The summed E-state index contributed by atoms with van der Waals surface area (Å²) in [6.07, 6.45) is 3.57. The van der Waals surface area contributed by atoms with Crippen molar-refractivity contribution >= 4 is 11.4 Å². The Hall–Kier alpha value is -3.00. The molecular weight excluding hydrogens is 351 g/mol. The van der Waals surface area contributed by atoms with E-state index >= 15 is 0 Å². The molecule has 0 radical (unpaired) electrons. The fraction of sp³-hybridized carbons (Fsp3) is 0.316. The summed E-state index contributed by atoms with van der Waals surface area (Å²) in [5.74, 6) is -0.305. The molecule has 2 aromatic heterocycles. The van der Waals surface area contributed by atoms with Crippen molar-refractivity contribution in [2.75, 3.05) is 26.3 Å². The van der Waals surface area contributed by atoms with Gasteiger partial charge in [-0.15, -0.1) is 0 Å². The maximum Gasteiger partial charge on any atom is 0.276 e. The first-order chi connectivity index (χ1) is 13.1. The zero-order chi connectivity index (χ0) is 18.8. The zero-order valence-electron chi connectivity index (χ0n) is 14.7. The number of nitrogens with zero attached hydrogens (tertiary/aromatic N) is 4. The van der Waals surface area contributed by atoms with Crippen molar-refractivity contribution in [1.82, 2.24) is 19.1 Å². The monoisotopic (exact) mass is 370 g/mol. The molecule has 7 nitrogen and oxygen atoms in total. The Bertz CT molecular complexity index is 1020. The third-order valence-corrected chi connectivity index (χ3v) is 4.67. The van der Waals surface area contributed by atoms with Gasteiger partial charge in [0.25, 0.3) is 5.56 Å². The summed E-state index contributed by atoms with van der Waals surface area (Å²) in [5, 5.41) is 4.38. The molecule has 140 valence electrons. The summed E-state index contributed by atoms with van der Waals surface area (Å²) >= 11 is 0. The van der Waals surface area contributed by atoms with Crippen LogP contribution in [0.4, 0.5) is 4.39 Å². The van der Waals surface area contributed by atoms with Crippen LogP contribution in [0.15, 0.2) is 47.5 Å². The van der Waals surface area contributed by atoms with Gasteiger partial charge in [-0.05, 0) is 30.3 Å². The van der Waals surface area contributed by atoms with Crippen molar-refractivity contribution < 1.29 is 13.9 Å². The molecule has 3 aromatic rings. The first kappa shape index (κ1) is 17.4. The normalized spacial score (nSPS) is 14.6. The topological polar surface area (TPSA) is 68.8 Å². The van der Waals surface area contributed by atoms with Crippen molar-refractivity contribution in [3.63, 3.8) is 0 Å². The van der Waals surface area contributed by atoms with Gasteiger partial charge in [0.1, 0.15) is 11.3 Å². The van der Waals surface area contributed by atoms with Crippen LogP contribution in [-0.4, -0.2) is 51.3 Å². The molecule has 1 aliphatic heterocycles. The lowest BCUT2D eigenvalue weighted by Gasteiger charge is -2.26. The Kier molecular flexibility index (Phi) is 4.72. The molecule has 4 rings (SSSR count). The highest BCUT2D eigenvalue weighted by Crippen LogP contribution is 2.18. The predicted octanol–water partition coefficient (Wildman–Crippen LogP) is 1.55. The number of morpholine rings is 1. The SMILES string of the molecule is O=C(CCn1ccn2nc(-c3ccc(F)cc3)cc2c1=O)N1CCOCC1. The zero-order valence-corrected chi connectivity index (χ0v) is 14.7. The molecular formula is C19H19FN4O3. The van der Waals surface area contributed by atoms with E-state index in [1.165, 1.54) is 21.2 Å². The summed E-state index contributed by atoms with van der Waals surface area (Å²) in [6.45, 7) is 2.61. The number of benzene rings is 1. The Balaban J connectivity index is 1.54. The number of aromatic nitrogens is 3. The minimum absolute atomic E-state index is 0.0191. The summed E-state index contributed by atoms with van der Waals surface area (Å²) < 4.78 is 21.4. The maximum absolute atomic E-state index is 13.1. The number of ether oxygens (including phenoxy) is 1. The van der Waals surface area contributed by atoms with Crippen molar-refractivity contribution in [3.05, 3.63) is 58.9 Å². The van der Waals surface area contributed by atoms with Gasteiger partial charge in [-0.25, -0.2) is 8.91 Å². The van der Waals surface area contributed by atoms with E-state index in [1.54, 1.807) is 35.5 Å². The summed E-state index contributed by atoms with van der Waals surface area (Å²) in [7, 11) is 0. The van der Waals surface area contributed by atoms with E-state index in [4.69, 9.17) is 4.74 Å². The molecule has 0 atom stereocenters. The van der Waals surface area contributed by atoms with Crippen molar-refractivity contribution in [3.8, 4) is 11.3 Å². The Labute approximate surface area is 154 Å². The highest BCUT2D eigenvalue weighted by atomic mass is 19.1. The van der Waals surface area contributed by atoms with E-state index in [9.17, 15) is 14.0 Å². The number of rotatable bonds is 4. The van der Waals surface area contributed by atoms with Gasteiger partial charge in [-0.2, -0.15) is 5.10 Å². The fourth-order valence-electron chi connectivity index (χ4n) is 3.15. The predicted molar refractivity (Wildman–Crippen MR) is 96.9 cm³/mol. The summed E-state index contributed by atoms with van der Waals surface area (Å²) in [5.41, 5.74) is 1.52. The van der Waals surface area contributed by atoms with Crippen molar-refractivity contribution in [2.24, 2.45) is 0 Å². The van der Waals surface area contributed by atoms with Gasteiger partial charge in [0.15, 0.2) is 0 Å². The van der Waals surface area contributed by atoms with Crippen LogP contribution in [0.3, 0.4) is 0 Å². The van der Waals surface area contributed by atoms with Gasteiger partial charge in [0.05, 0.1) is 18.9 Å². The van der Waals surface area contributed by atoms with Crippen LogP contribution < -0.4 is 5.56 Å². The average molecular weight is 370 g/mol. The van der Waals surface area contributed by atoms with Crippen LogP contribution in [0.25, 0.3) is 16.8 Å². The second-order valence-corrected chi connectivity index (χ2v) is 6.41. The lowest BCUT2D eigenvalue weighted by Crippen LogP contribution is -2.41.